The molecule has 0 radical (unpaired) electrons. The molecule has 0 saturated heterocycles. The second-order valence-electron chi connectivity index (χ2n) is 4.16. The average molecular weight is 296 g/mol. The molecular formula is C13H17ClF3NO. The predicted molar refractivity (Wildman–Crippen MR) is 69.4 cm³/mol. The van der Waals surface area contributed by atoms with Gasteiger partial charge in [-0.3, -0.25) is 0 Å². The summed E-state index contributed by atoms with van der Waals surface area (Å²) in [6.45, 7) is -0.333. The SMILES string of the molecule is CNC(CCOCC(F)F)Cc1cccc(F)c1Cl. The normalized spacial score (nSPS) is 12.9. The van der Waals surface area contributed by atoms with Gasteiger partial charge in [0, 0.05) is 12.6 Å². The van der Waals surface area contributed by atoms with Crippen LogP contribution in [-0.2, 0) is 11.2 Å². The van der Waals surface area contributed by atoms with Crippen molar-refractivity contribution in [2.45, 2.75) is 25.3 Å². The molecule has 0 amide bonds. The van der Waals surface area contributed by atoms with Crippen LogP contribution >= 0.6 is 11.6 Å². The van der Waals surface area contributed by atoms with Crippen molar-refractivity contribution in [3.63, 3.8) is 0 Å². The molecule has 19 heavy (non-hydrogen) atoms. The summed E-state index contributed by atoms with van der Waals surface area (Å²) in [5.74, 6) is -0.456. The molecule has 1 rings (SSSR count). The quantitative estimate of drug-likeness (QED) is 0.743. The summed E-state index contributed by atoms with van der Waals surface area (Å²) in [7, 11) is 1.75. The average Bonchev–Trinajstić information content (AvgIpc) is 2.37. The number of rotatable bonds is 8. The third-order valence-electron chi connectivity index (χ3n) is 2.76. The molecule has 0 aliphatic rings. The van der Waals surface area contributed by atoms with Crippen molar-refractivity contribution in [3.8, 4) is 0 Å². The molecule has 2 nitrogen and oxygen atoms in total. The zero-order valence-electron chi connectivity index (χ0n) is 10.6. The zero-order chi connectivity index (χ0) is 14.3. The summed E-state index contributed by atoms with van der Waals surface area (Å²) in [5.41, 5.74) is 0.690. The van der Waals surface area contributed by atoms with E-state index < -0.39 is 18.8 Å². The molecule has 0 aliphatic carbocycles. The van der Waals surface area contributed by atoms with Gasteiger partial charge in [-0.25, -0.2) is 13.2 Å². The van der Waals surface area contributed by atoms with E-state index in [-0.39, 0.29) is 17.7 Å². The van der Waals surface area contributed by atoms with E-state index in [4.69, 9.17) is 16.3 Å². The van der Waals surface area contributed by atoms with Crippen LogP contribution in [0.3, 0.4) is 0 Å². The molecule has 1 atom stereocenters. The molecular weight excluding hydrogens is 279 g/mol. The first-order valence-corrected chi connectivity index (χ1v) is 6.38. The maximum absolute atomic E-state index is 13.3. The number of nitrogens with one attached hydrogen (secondary N) is 1. The molecule has 1 aromatic rings. The maximum atomic E-state index is 13.3. The molecule has 0 spiro atoms. The fourth-order valence-electron chi connectivity index (χ4n) is 1.72. The van der Waals surface area contributed by atoms with Crippen molar-refractivity contribution in [3.05, 3.63) is 34.6 Å². The monoisotopic (exact) mass is 295 g/mol. The van der Waals surface area contributed by atoms with Gasteiger partial charge in [0.1, 0.15) is 12.4 Å². The van der Waals surface area contributed by atoms with Crippen molar-refractivity contribution in [2.24, 2.45) is 0 Å². The van der Waals surface area contributed by atoms with Crippen molar-refractivity contribution in [1.82, 2.24) is 5.32 Å². The van der Waals surface area contributed by atoms with Crippen molar-refractivity contribution in [1.29, 1.82) is 0 Å². The van der Waals surface area contributed by atoms with Gasteiger partial charge < -0.3 is 10.1 Å². The lowest BCUT2D eigenvalue weighted by molar-refractivity contribution is 0.0146. The van der Waals surface area contributed by atoms with Crippen LogP contribution in [0.25, 0.3) is 0 Å². The number of hydrogen-bond donors (Lipinski definition) is 1. The Labute approximate surface area is 115 Å². The Morgan fingerprint density at radius 3 is 2.74 bits per heavy atom. The molecule has 0 aliphatic heterocycles. The van der Waals surface area contributed by atoms with Crippen LogP contribution in [0.1, 0.15) is 12.0 Å². The fraction of sp³-hybridized carbons (Fsp3) is 0.538. The van der Waals surface area contributed by atoms with Crippen molar-refractivity contribution >= 4 is 11.6 Å². The van der Waals surface area contributed by atoms with Gasteiger partial charge in [0.2, 0.25) is 0 Å². The number of benzene rings is 1. The first-order valence-electron chi connectivity index (χ1n) is 6.00. The van der Waals surface area contributed by atoms with Crippen molar-refractivity contribution in [2.75, 3.05) is 20.3 Å². The van der Waals surface area contributed by atoms with Crippen LogP contribution in [0.2, 0.25) is 5.02 Å². The second kappa shape index (κ2) is 8.40. The van der Waals surface area contributed by atoms with E-state index in [1.807, 2.05) is 0 Å². The number of ether oxygens (including phenoxy) is 1. The summed E-state index contributed by atoms with van der Waals surface area (Å²) in [5, 5.41) is 3.14. The van der Waals surface area contributed by atoms with E-state index in [9.17, 15) is 13.2 Å². The number of halogens is 4. The van der Waals surface area contributed by atoms with Crippen LogP contribution in [0.15, 0.2) is 18.2 Å². The number of likely N-dealkylation sites (N-methyl/N-ethyl adjacent to an activating group) is 1. The third-order valence-corrected chi connectivity index (χ3v) is 3.18. The van der Waals surface area contributed by atoms with E-state index in [0.29, 0.717) is 18.4 Å². The number of hydrogen-bond acceptors (Lipinski definition) is 2. The van der Waals surface area contributed by atoms with Crippen LogP contribution in [0, 0.1) is 5.82 Å². The minimum Gasteiger partial charge on any atom is -0.375 e. The highest BCUT2D eigenvalue weighted by atomic mass is 35.5. The van der Waals surface area contributed by atoms with Gasteiger partial charge in [0.25, 0.3) is 6.43 Å². The lowest BCUT2D eigenvalue weighted by Gasteiger charge is -2.17. The Bertz CT molecular complexity index is 390. The lowest BCUT2D eigenvalue weighted by atomic mass is 10.0. The highest BCUT2D eigenvalue weighted by Crippen LogP contribution is 2.21. The molecule has 108 valence electrons. The molecule has 1 aromatic carbocycles. The highest BCUT2D eigenvalue weighted by molar-refractivity contribution is 6.31. The zero-order valence-corrected chi connectivity index (χ0v) is 11.4. The Balaban J connectivity index is 2.45. The Morgan fingerprint density at radius 1 is 1.37 bits per heavy atom. The van der Waals surface area contributed by atoms with Gasteiger partial charge in [-0.05, 0) is 31.5 Å². The summed E-state index contributed by atoms with van der Waals surface area (Å²) in [6.07, 6.45) is -1.38. The maximum Gasteiger partial charge on any atom is 0.261 e. The standard InChI is InChI=1S/C13H17ClF3NO/c1-18-10(5-6-19-8-12(16)17)7-9-3-2-4-11(15)13(9)14/h2-4,10,12,18H,5-8H2,1H3. The first kappa shape index (κ1) is 16.3. The van der Waals surface area contributed by atoms with Gasteiger partial charge in [-0.15, -0.1) is 0 Å². The minimum absolute atomic E-state index is 0.00280. The number of alkyl halides is 2. The van der Waals surface area contributed by atoms with E-state index in [2.05, 4.69) is 5.32 Å². The summed E-state index contributed by atoms with van der Waals surface area (Å²) < 4.78 is 41.9. The smallest absolute Gasteiger partial charge is 0.261 e. The van der Waals surface area contributed by atoms with Crippen LogP contribution in [0.5, 0.6) is 0 Å². The van der Waals surface area contributed by atoms with Crippen LogP contribution in [0.4, 0.5) is 13.2 Å². The second-order valence-corrected chi connectivity index (χ2v) is 4.54. The van der Waals surface area contributed by atoms with Gasteiger partial charge in [0.05, 0.1) is 5.02 Å². The van der Waals surface area contributed by atoms with E-state index in [1.54, 1.807) is 19.2 Å². The van der Waals surface area contributed by atoms with Crippen LogP contribution < -0.4 is 5.32 Å². The lowest BCUT2D eigenvalue weighted by Crippen LogP contribution is -2.29. The summed E-state index contributed by atoms with van der Waals surface area (Å²) in [4.78, 5) is 0. The van der Waals surface area contributed by atoms with Crippen molar-refractivity contribution < 1.29 is 17.9 Å². The fourth-order valence-corrected chi connectivity index (χ4v) is 1.92. The van der Waals surface area contributed by atoms with E-state index in [0.717, 1.165) is 0 Å². The molecule has 0 aromatic heterocycles. The molecule has 0 heterocycles. The van der Waals surface area contributed by atoms with Gasteiger partial charge in [-0.1, -0.05) is 23.7 Å². The Kier molecular flexibility index (Phi) is 7.20. The predicted octanol–water partition coefficient (Wildman–Crippen LogP) is 3.28. The molecule has 0 bridgehead atoms. The minimum atomic E-state index is -2.45. The summed E-state index contributed by atoms with van der Waals surface area (Å²) in [6, 6.07) is 4.63. The van der Waals surface area contributed by atoms with Crippen LogP contribution in [-0.4, -0.2) is 32.7 Å². The third kappa shape index (κ3) is 5.80. The molecule has 0 fully saturated rings. The van der Waals surface area contributed by atoms with E-state index in [1.165, 1.54) is 6.07 Å². The topological polar surface area (TPSA) is 21.3 Å². The molecule has 0 saturated carbocycles. The van der Waals surface area contributed by atoms with Gasteiger partial charge in [0.15, 0.2) is 0 Å². The van der Waals surface area contributed by atoms with Gasteiger partial charge >= 0.3 is 0 Å². The van der Waals surface area contributed by atoms with E-state index >= 15 is 0 Å². The molecule has 1 N–H and O–H groups in total. The Morgan fingerprint density at radius 2 is 2.11 bits per heavy atom. The molecule has 6 heteroatoms. The van der Waals surface area contributed by atoms with Gasteiger partial charge in [-0.2, -0.15) is 0 Å². The summed E-state index contributed by atoms with van der Waals surface area (Å²) >= 11 is 5.86. The molecule has 1 unspecified atom stereocenters. The highest BCUT2D eigenvalue weighted by Gasteiger charge is 2.12. The largest absolute Gasteiger partial charge is 0.375 e. The Hall–Kier alpha value is -0.780. The first-order chi connectivity index (χ1) is 9.04.